The van der Waals surface area contributed by atoms with Gasteiger partial charge in [-0.25, -0.2) is 0 Å². The van der Waals surface area contributed by atoms with Gasteiger partial charge in [0, 0.05) is 18.6 Å². The highest BCUT2D eigenvalue weighted by atomic mass is 15.1. The predicted octanol–water partition coefficient (Wildman–Crippen LogP) is 4.44. The zero-order valence-electron chi connectivity index (χ0n) is 11.5. The second-order valence-electron chi connectivity index (χ2n) is 4.77. The lowest BCUT2D eigenvalue weighted by Gasteiger charge is -2.00. The van der Waals surface area contributed by atoms with E-state index < -0.39 is 0 Å². The lowest BCUT2D eigenvalue weighted by atomic mass is 10.1. The quantitative estimate of drug-likeness (QED) is 0.800. The summed E-state index contributed by atoms with van der Waals surface area (Å²) in [4.78, 5) is 4.01. The summed E-state index contributed by atoms with van der Waals surface area (Å²) in [5.74, 6) is 1.15. The molecule has 0 aromatic carbocycles. The van der Waals surface area contributed by atoms with E-state index in [1.807, 2.05) is 18.3 Å². The fraction of sp³-hybridized carbons (Fsp3) is 0.438. The summed E-state index contributed by atoms with van der Waals surface area (Å²) in [6, 6.07) is 6.05. The van der Waals surface area contributed by atoms with Crippen LogP contribution in [-0.2, 0) is 0 Å². The molecule has 19 heavy (non-hydrogen) atoms. The maximum Gasteiger partial charge on any atom is 0.0530 e. The normalized spacial score (nSPS) is 9.58. The highest BCUT2D eigenvalue weighted by molar-refractivity contribution is 5.12. The van der Waals surface area contributed by atoms with Crippen molar-refractivity contribution in [1.29, 1.82) is 0 Å². The van der Waals surface area contributed by atoms with Crippen LogP contribution in [0.2, 0.25) is 0 Å². The molecule has 0 spiro atoms. The van der Waals surface area contributed by atoms with Crippen LogP contribution in [-0.4, -0.2) is 15.2 Å². The van der Waals surface area contributed by atoms with Crippen molar-refractivity contribution in [2.24, 2.45) is 0 Å². The van der Waals surface area contributed by atoms with E-state index in [0.717, 1.165) is 0 Å². The van der Waals surface area contributed by atoms with E-state index in [1.54, 1.807) is 18.6 Å². The first kappa shape index (κ1) is 17.2. The van der Waals surface area contributed by atoms with Crippen LogP contribution < -0.4 is 0 Å². The summed E-state index contributed by atoms with van der Waals surface area (Å²) >= 11 is 0. The van der Waals surface area contributed by atoms with Gasteiger partial charge in [0.05, 0.1) is 6.20 Å². The summed E-state index contributed by atoms with van der Waals surface area (Å²) < 4.78 is 0. The molecule has 0 fully saturated rings. The van der Waals surface area contributed by atoms with Crippen molar-refractivity contribution in [2.75, 3.05) is 0 Å². The smallest absolute Gasteiger partial charge is 0.0530 e. The van der Waals surface area contributed by atoms with Gasteiger partial charge in [-0.3, -0.25) is 4.98 Å². The van der Waals surface area contributed by atoms with E-state index in [0.29, 0.717) is 11.8 Å². The van der Waals surface area contributed by atoms with Crippen molar-refractivity contribution in [3.05, 3.63) is 54.1 Å². The molecule has 2 aromatic heterocycles. The van der Waals surface area contributed by atoms with Crippen LogP contribution in [0.25, 0.3) is 0 Å². The average molecular weight is 259 g/mol. The SMILES string of the molecule is C.CC(C)c1cccnc1.CC(C)c1ccnnc1. The van der Waals surface area contributed by atoms with E-state index in [4.69, 9.17) is 0 Å². The minimum atomic E-state index is 0. The Morgan fingerprint density at radius 2 is 1.42 bits per heavy atom. The summed E-state index contributed by atoms with van der Waals surface area (Å²) in [6.07, 6.45) is 7.22. The van der Waals surface area contributed by atoms with E-state index in [2.05, 4.69) is 48.9 Å². The van der Waals surface area contributed by atoms with Crippen molar-refractivity contribution in [3.8, 4) is 0 Å². The Labute approximate surface area is 117 Å². The molecule has 0 aliphatic carbocycles. The third-order valence-electron chi connectivity index (χ3n) is 2.62. The Hall–Kier alpha value is -1.77. The lowest BCUT2D eigenvalue weighted by Crippen LogP contribution is -1.88. The minimum absolute atomic E-state index is 0. The molecule has 0 saturated carbocycles. The van der Waals surface area contributed by atoms with Gasteiger partial charge in [0.2, 0.25) is 0 Å². The van der Waals surface area contributed by atoms with Crippen LogP contribution in [0.1, 0.15) is 58.1 Å². The summed E-state index contributed by atoms with van der Waals surface area (Å²) in [5, 5.41) is 7.43. The molecule has 3 heteroatoms. The molecule has 2 rings (SSSR count). The fourth-order valence-corrected chi connectivity index (χ4v) is 1.36. The third-order valence-corrected chi connectivity index (χ3v) is 2.62. The molecule has 0 atom stereocenters. The van der Waals surface area contributed by atoms with E-state index >= 15 is 0 Å². The Bertz CT molecular complexity index is 381. The van der Waals surface area contributed by atoms with Gasteiger partial charge in [-0.15, -0.1) is 0 Å². The van der Waals surface area contributed by atoms with E-state index in [1.165, 1.54) is 11.1 Å². The second kappa shape index (κ2) is 9.20. The van der Waals surface area contributed by atoms with Crippen LogP contribution in [0, 0.1) is 0 Å². The van der Waals surface area contributed by atoms with Gasteiger partial charge in [0.1, 0.15) is 0 Å². The first-order valence-corrected chi connectivity index (χ1v) is 6.27. The molecular weight excluding hydrogens is 234 g/mol. The summed E-state index contributed by atoms with van der Waals surface area (Å²) in [5.41, 5.74) is 2.54. The number of hydrogen-bond donors (Lipinski definition) is 0. The first-order valence-electron chi connectivity index (χ1n) is 6.27. The highest BCUT2D eigenvalue weighted by Crippen LogP contribution is 2.10. The molecule has 0 amide bonds. The Morgan fingerprint density at radius 1 is 0.789 bits per heavy atom. The maximum atomic E-state index is 4.01. The molecule has 0 unspecified atom stereocenters. The molecule has 104 valence electrons. The third kappa shape index (κ3) is 6.65. The van der Waals surface area contributed by atoms with Gasteiger partial charge in [-0.1, -0.05) is 41.2 Å². The van der Waals surface area contributed by atoms with Gasteiger partial charge in [0.15, 0.2) is 0 Å². The zero-order valence-corrected chi connectivity index (χ0v) is 11.5. The lowest BCUT2D eigenvalue weighted by molar-refractivity contribution is 0.841. The number of pyridine rings is 1. The van der Waals surface area contributed by atoms with Crippen LogP contribution in [0.5, 0.6) is 0 Å². The van der Waals surface area contributed by atoms with Crippen molar-refractivity contribution < 1.29 is 0 Å². The fourth-order valence-electron chi connectivity index (χ4n) is 1.36. The Morgan fingerprint density at radius 3 is 1.74 bits per heavy atom. The van der Waals surface area contributed by atoms with Gasteiger partial charge < -0.3 is 0 Å². The first-order chi connectivity index (χ1) is 8.61. The monoisotopic (exact) mass is 259 g/mol. The molecule has 0 saturated heterocycles. The van der Waals surface area contributed by atoms with Crippen LogP contribution in [0.3, 0.4) is 0 Å². The molecule has 2 aromatic rings. The van der Waals surface area contributed by atoms with E-state index in [-0.39, 0.29) is 7.43 Å². The molecular formula is C16H25N3. The largest absolute Gasteiger partial charge is 0.264 e. The Balaban J connectivity index is 0.000000324. The summed E-state index contributed by atoms with van der Waals surface area (Å²) in [6.45, 7) is 8.60. The van der Waals surface area contributed by atoms with Gasteiger partial charge >= 0.3 is 0 Å². The molecule has 0 bridgehead atoms. The molecule has 3 nitrogen and oxygen atoms in total. The average Bonchev–Trinajstić information content (AvgIpc) is 2.41. The molecule has 2 heterocycles. The summed E-state index contributed by atoms with van der Waals surface area (Å²) in [7, 11) is 0. The molecule has 0 aliphatic rings. The van der Waals surface area contributed by atoms with Crippen LogP contribution in [0.15, 0.2) is 43.0 Å². The number of hydrogen-bond acceptors (Lipinski definition) is 3. The van der Waals surface area contributed by atoms with Crippen LogP contribution in [0.4, 0.5) is 0 Å². The topological polar surface area (TPSA) is 38.7 Å². The van der Waals surface area contributed by atoms with Gasteiger partial charge in [-0.2, -0.15) is 10.2 Å². The van der Waals surface area contributed by atoms with Crippen molar-refractivity contribution in [1.82, 2.24) is 15.2 Å². The van der Waals surface area contributed by atoms with Gasteiger partial charge in [-0.05, 0) is 35.1 Å². The Kier molecular flexibility index (Phi) is 8.34. The molecule has 0 radical (unpaired) electrons. The number of aromatic nitrogens is 3. The highest BCUT2D eigenvalue weighted by Gasteiger charge is 1.95. The van der Waals surface area contributed by atoms with E-state index in [9.17, 15) is 0 Å². The maximum absolute atomic E-state index is 4.01. The standard InChI is InChI=1S/C8H11N.C7H10N2.CH4/c1-7(2)8-4-3-5-9-6-8;1-6(2)7-3-4-8-9-5-7;/h3-7H,1-2H3;3-6H,1-2H3;1H4. The van der Waals surface area contributed by atoms with Crippen molar-refractivity contribution in [2.45, 2.75) is 47.0 Å². The number of nitrogens with zero attached hydrogens (tertiary/aromatic N) is 3. The number of rotatable bonds is 2. The van der Waals surface area contributed by atoms with Gasteiger partial charge in [0.25, 0.3) is 0 Å². The van der Waals surface area contributed by atoms with Crippen LogP contribution >= 0.6 is 0 Å². The molecule has 0 N–H and O–H groups in total. The van der Waals surface area contributed by atoms with Crippen molar-refractivity contribution >= 4 is 0 Å². The zero-order chi connectivity index (χ0) is 13.4. The second-order valence-corrected chi connectivity index (χ2v) is 4.77. The van der Waals surface area contributed by atoms with Crippen molar-refractivity contribution in [3.63, 3.8) is 0 Å². The minimum Gasteiger partial charge on any atom is -0.264 e. The predicted molar refractivity (Wildman–Crippen MR) is 81.2 cm³/mol. The molecule has 0 aliphatic heterocycles.